The first kappa shape index (κ1) is 12.7. The van der Waals surface area contributed by atoms with Gasteiger partial charge in [0.05, 0.1) is 24.1 Å². The van der Waals surface area contributed by atoms with Crippen molar-refractivity contribution in [3.63, 3.8) is 0 Å². The van der Waals surface area contributed by atoms with Crippen LogP contribution < -0.4 is 0 Å². The molecule has 0 spiro atoms. The van der Waals surface area contributed by atoms with Crippen LogP contribution in [0.5, 0.6) is 0 Å². The van der Waals surface area contributed by atoms with E-state index in [1.165, 1.54) is 29.3 Å². The standard InChI is InChI=1S/C12H11N3O4/c1-2-19-12(18)8-6-14-15(7-8)9-3-4-13-10(5-9)11(16)17/h3-7H,2H2,1H3,(H,16,17). The number of rotatable bonds is 4. The van der Waals surface area contributed by atoms with E-state index in [0.29, 0.717) is 11.3 Å². The summed E-state index contributed by atoms with van der Waals surface area (Å²) in [6.07, 6.45) is 4.20. The molecule has 0 aliphatic rings. The average Bonchev–Trinajstić information content (AvgIpc) is 2.89. The lowest BCUT2D eigenvalue weighted by molar-refractivity contribution is 0.0525. The van der Waals surface area contributed by atoms with Gasteiger partial charge in [-0.15, -0.1) is 0 Å². The second-order valence-corrected chi connectivity index (χ2v) is 3.60. The van der Waals surface area contributed by atoms with Gasteiger partial charge >= 0.3 is 11.9 Å². The van der Waals surface area contributed by atoms with Crippen LogP contribution in [-0.2, 0) is 4.74 Å². The zero-order chi connectivity index (χ0) is 13.8. The number of hydrogen-bond donors (Lipinski definition) is 1. The minimum atomic E-state index is -1.13. The maximum Gasteiger partial charge on any atom is 0.354 e. The Morgan fingerprint density at radius 1 is 1.47 bits per heavy atom. The van der Waals surface area contributed by atoms with E-state index in [-0.39, 0.29) is 12.3 Å². The molecule has 98 valence electrons. The molecule has 0 amide bonds. The molecule has 0 bridgehead atoms. The number of nitrogens with zero attached hydrogens (tertiary/aromatic N) is 3. The second kappa shape index (κ2) is 5.30. The highest BCUT2D eigenvalue weighted by Crippen LogP contribution is 2.10. The van der Waals surface area contributed by atoms with Crippen molar-refractivity contribution in [2.24, 2.45) is 0 Å². The number of carbonyl (C=O) groups is 2. The predicted molar refractivity (Wildman–Crippen MR) is 64.3 cm³/mol. The summed E-state index contributed by atoms with van der Waals surface area (Å²) in [5, 5.41) is 12.8. The van der Waals surface area contributed by atoms with Crippen molar-refractivity contribution in [2.75, 3.05) is 6.61 Å². The highest BCUT2D eigenvalue weighted by Gasteiger charge is 2.11. The van der Waals surface area contributed by atoms with E-state index in [9.17, 15) is 9.59 Å². The Kier molecular flexibility index (Phi) is 3.56. The van der Waals surface area contributed by atoms with Crippen LogP contribution in [0.15, 0.2) is 30.7 Å². The molecule has 7 heteroatoms. The number of pyridine rings is 1. The minimum Gasteiger partial charge on any atom is -0.477 e. The molecule has 0 aliphatic carbocycles. The van der Waals surface area contributed by atoms with Crippen LogP contribution in [0.25, 0.3) is 5.69 Å². The Hall–Kier alpha value is -2.70. The summed E-state index contributed by atoms with van der Waals surface area (Å²) < 4.78 is 6.23. The Balaban J connectivity index is 2.30. The number of aromatic carboxylic acids is 1. The van der Waals surface area contributed by atoms with E-state index in [4.69, 9.17) is 9.84 Å². The number of ether oxygens (including phenoxy) is 1. The molecule has 0 aliphatic heterocycles. The normalized spacial score (nSPS) is 10.2. The molecule has 2 aromatic rings. The Morgan fingerprint density at radius 2 is 2.26 bits per heavy atom. The minimum absolute atomic E-state index is 0.0920. The van der Waals surface area contributed by atoms with Gasteiger partial charge in [0.25, 0.3) is 0 Å². The van der Waals surface area contributed by atoms with Crippen molar-refractivity contribution in [1.82, 2.24) is 14.8 Å². The molecule has 1 N–H and O–H groups in total. The summed E-state index contributed by atoms with van der Waals surface area (Å²) in [5.41, 5.74) is 0.712. The van der Waals surface area contributed by atoms with Crippen LogP contribution in [-0.4, -0.2) is 38.4 Å². The topological polar surface area (TPSA) is 94.3 Å². The van der Waals surface area contributed by atoms with E-state index in [1.54, 1.807) is 13.0 Å². The molecule has 0 unspecified atom stereocenters. The van der Waals surface area contributed by atoms with Crippen LogP contribution in [0, 0.1) is 0 Å². The van der Waals surface area contributed by atoms with Crippen LogP contribution in [0.4, 0.5) is 0 Å². The molecule has 0 radical (unpaired) electrons. The Labute approximate surface area is 108 Å². The smallest absolute Gasteiger partial charge is 0.354 e. The summed E-state index contributed by atoms with van der Waals surface area (Å²) in [6.45, 7) is 1.99. The maximum absolute atomic E-state index is 11.5. The summed E-state index contributed by atoms with van der Waals surface area (Å²) in [5.74, 6) is -1.60. The molecule has 19 heavy (non-hydrogen) atoms. The lowest BCUT2D eigenvalue weighted by Crippen LogP contribution is -2.04. The largest absolute Gasteiger partial charge is 0.477 e. The quantitative estimate of drug-likeness (QED) is 0.829. The molecule has 2 rings (SSSR count). The molecule has 2 heterocycles. The zero-order valence-corrected chi connectivity index (χ0v) is 10.1. The van der Waals surface area contributed by atoms with Crippen LogP contribution in [0.2, 0.25) is 0 Å². The molecular weight excluding hydrogens is 250 g/mol. The fourth-order valence-electron chi connectivity index (χ4n) is 1.46. The lowest BCUT2D eigenvalue weighted by atomic mass is 10.3. The van der Waals surface area contributed by atoms with E-state index < -0.39 is 11.9 Å². The van der Waals surface area contributed by atoms with Gasteiger partial charge < -0.3 is 9.84 Å². The fourth-order valence-corrected chi connectivity index (χ4v) is 1.46. The van der Waals surface area contributed by atoms with Gasteiger partial charge in [0.1, 0.15) is 5.69 Å². The van der Waals surface area contributed by atoms with Gasteiger partial charge in [-0.05, 0) is 19.1 Å². The van der Waals surface area contributed by atoms with Gasteiger partial charge in [-0.1, -0.05) is 0 Å². The van der Waals surface area contributed by atoms with Crippen LogP contribution >= 0.6 is 0 Å². The van der Waals surface area contributed by atoms with E-state index in [0.717, 1.165) is 0 Å². The van der Waals surface area contributed by atoms with Gasteiger partial charge in [0.2, 0.25) is 0 Å². The molecule has 0 fully saturated rings. The van der Waals surface area contributed by atoms with Gasteiger partial charge in [0, 0.05) is 12.4 Å². The average molecular weight is 261 g/mol. The lowest BCUT2D eigenvalue weighted by Gasteiger charge is -2.01. The third-order valence-corrected chi connectivity index (χ3v) is 2.32. The van der Waals surface area contributed by atoms with E-state index in [1.807, 2.05) is 0 Å². The Bertz CT molecular complexity index is 621. The van der Waals surface area contributed by atoms with E-state index >= 15 is 0 Å². The monoisotopic (exact) mass is 261 g/mol. The molecule has 0 saturated carbocycles. The zero-order valence-electron chi connectivity index (χ0n) is 10.1. The van der Waals surface area contributed by atoms with Gasteiger partial charge in [-0.25, -0.2) is 19.3 Å². The summed E-state index contributed by atoms with van der Waals surface area (Å²) in [6, 6.07) is 2.96. The highest BCUT2D eigenvalue weighted by molar-refractivity contribution is 5.89. The summed E-state index contributed by atoms with van der Waals surface area (Å²) in [7, 11) is 0. The van der Waals surface area contributed by atoms with Crippen LogP contribution in [0.3, 0.4) is 0 Å². The highest BCUT2D eigenvalue weighted by atomic mass is 16.5. The number of aromatic nitrogens is 3. The molecule has 0 atom stereocenters. The molecular formula is C12H11N3O4. The predicted octanol–water partition coefficient (Wildman–Crippen LogP) is 1.14. The first-order valence-corrected chi connectivity index (χ1v) is 5.53. The third-order valence-electron chi connectivity index (χ3n) is 2.32. The molecule has 7 nitrogen and oxygen atoms in total. The number of carbonyl (C=O) groups excluding carboxylic acids is 1. The van der Waals surface area contributed by atoms with Crippen molar-refractivity contribution in [1.29, 1.82) is 0 Å². The maximum atomic E-state index is 11.5. The second-order valence-electron chi connectivity index (χ2n) is 3.60. The Morgan fingerprint density at radius 3 is 2.95 bits per heavy atom. The summed E-state index contributed by atoms with van der Waals surface area (Å²) >= 11 is 0. The fraction of sp³-hybridized carbons (Fsp3) is 0.167. The first-order valence-electron chi connectivity index (χ1n) is 5.53. The molecule has 2 aromatic heterocycles. The van der Waals surface area contributed by atoms with Crippen molar-refractivity contribution in [2.45, 2.75) is 6.92 Å². The molecule has 0 saturated heterocycles. The number of carboxylic acid groups (broad SMARTS) is 1. The first-order chi connectivity index (χ1) is 9.11. The van der Waals surface area contributed by atoms with Gasteiger partial charge in [0.15, 0.2) is 0 Å². The van der Waals surface area contributed by atoms with Crippen molar-refractivity contribution < 1.29 is 19.4 Å². The van der Waals surface area contributed by atoms with Gasteiger partial charge in [-0.3, -0.25) is 0 Å². The number of esters is 1. The van der Waals surface area contributed by atoms with Crippen molar-refractivity contribution >= 4 is 11.9 Å². The third kappa shape index (κ3) is 2.76. The SMILES string of the molecule is CCOC(=O)c1cnn(-c2ccnc(C(=O)O)c2)c1. The number of hydrogen-bond acceptors (Lipinski definition) is 5. The van der Waals surface area contributed by atoms with Crippen LogP contribution in [0.1, 0.15) is 27.8 Å². The van der Waals surface area contributed by atoms with Crippen molar-refractivity contribution in [3.05, 3.63) is 42.0 Å². The molecule has 0 aromatic carbocycles. The van der Waals surface area contributed by atoms with Gasteiger partial charge in [-0.2, -0.15) is 5.10 Å². The summed E-state index contributed by atoms with van der Waals surface area (Å²) in [4.78, 5) is 26.0. The van der Waals surface area contributed by atoms with Crippen molar-refractivity contribution in [3.8, 4) is 5.69 Å². The van der Waals surface area contributed by atoms with E-state index in [2.05, 4.69) is 10.1 Å². The number of carboxylic acids is 1.